The van der Waals surface area contributed by atoms with Gasteiger partial charge in [-0.2, -0.15) is 0 Å². The van der Waals surface area contributed by atoms with Crippen LogP contribution in [-0.2, 0) is 4.79 Å². The number of likely N-dealkylation sites (tertiary alicyclic amines) is 1. The standard InChI is InChI=1S/C22H39NO/c1-2-3-4-5-6-7-8-9-10-11-12-13-14-15-16-19-22(24)23-20-17-18-21-23/h2-3,5-6H,4,7-21H2,1H3. The number of rotatable bonds is 14. The molecule has 0 N–H and O–H groups in total. The number of hydrogen-bond donors (Lipinski definition) is 0. The molecule has 0 aromatic heterocycles. The summed E-state index contributed by atoms with van der Waals surface area (Å²) >= 11 is 0. The molecule has 0 spiro atoms. The van der Waals surface area contributed by atoms with Crippen LogP contribution in [-0.4, -0.2) is 23.9 Å². The highest BCUT2D eigenvalue weighted by Crippen LogP contribution is 2.14. The molecule has 0 aromatic rings. The van der Waals surface area contributed by atoms with Crippen molar-refractivity contribution in [2.45, 2.75) is 96.8 Å². The Morgan fingerprint density at radius 1 is 0.792 bits per heavy atom. The highest BCUT2D eigenvalue weighted by molar-refractivity contribution is 5.76. The van der Waals surface area contributed by atoms with Crippen LogP contribution in [0.3, 0.4) is 0 Å². The summed E-state index contributed by atoms with van der Waals surface area (Å²) in [6.45, 7) is 4.08. The maximum atomic E-state index is 11.9. The van der Waals surface area contributed by atoms with Gasteiger partial charge >= 0.3 is 0 Å². The van der Waals surface area contributed by atoms with E-state index < -0.39 is 0 Å². The molecule has 1 aliphatic rings. The topological polar surface area (TPSA) is 20.3 Å². The first kappa shape index (κ1) is 21.0. The zero-order chi connectivity index (χ0) is 17.3. The van der Waals surface area contributed by atoms with Gasteiger partial charge in [0.2, 0.25) is 5.91 Å². The molecule has 0 atom stereocenters. The quantitative estimate of drug-likeness (QED) is 0.265. The van der Waals surface area contributed by atoms with Crippen LogP contribution in [0, 0.1) is 0 Å². The van der Waals surface area contributed by atoms with E-state index in [0.29, 0.717) is 5.91 Å². The van der Waals surface area contributed by atoms with Crippen molar-refractivity contribution < 1.29 is 4.79 Å². The first-order valence-electron chi connectivity index (χ1n) is 10.4. The molecule has 1 heterocycles. The molecule has 1 fully saturated rings. The third-order valence-corrected chi connectivity index (χ3v) is 4.89. The zero-order valence-corrected chi connectivity index (χ0v) is 16.0. The minimum atomic E-state index is 0.396. The normalized spacial score (nSPS) is 15.1. The van der Waals surface area contributed by atoms with Crippen molar-refractivity contribution in [3.05, 3.63) is 24.3 Å². The second kappa shape index (κ2) is 15.5. The van der Waals surface area contributed by atoms with E-state index in [9.17, 15) is 4.79 Å². The molecule has 2 nitrogen and oxygen atoms in total. The lowest BCUT2D eigenvalue weighted by atomic mass is 10.1. The predicted molar refractivity (Wildman–Crippen MR) is 105 cm³/mol. The van der Waals surface area contributed by atoms with E-state index in [0.717, 1.165) is 32.4 Å². The van der Waals surface area contributed by atoms with Crippen LogP contribution in [0.25, 0.3) is 0 Å². The van der Waals surface area contributed by atoms with Gasteiger partial charge in [0.25, 0.3) is 0 Å². The fourth-order valence-corrected chi connectivity index (χ4v) is 3.33. The fraction of sp³-hybridized carbons (Fsp3) is 0.773. The molecule has 1 rings (SSSR count). The van der Waals surface area contributed by atoms with Crippen LogP contribution < -0.4 is 0 Å². The van der Waals surface area contributed by atoms with Gasteiger partial charge in [-0.1, -0.05) is 69.2 Å². The lowest BCUT2D eigenvalue weighted by molar-refractivity contribution is -0.130. The molecule has 1 amide bonds. The maximum absolute atomic E-state index is 11.9. The van der Waals surface area contributed by atoms with Crippen LogP contribution in [0.5, 0.6) is 0 Å². The summed E-state index contributed by atoms with van der Waals surface area (Å²) in [4.78, 5) is 13.9. The lowest BCUT2D eigenvalue weighted by Crippen LogP contribution is -2.27. The van der Waals surface area contributed by atoms with Crippen molar-refractivity contribution in [2.24, 2.45) is 0 Å². The van der Waals surface area contributed by atoms with E-state index in [1.165, 1.54) is 70.6 Å². The fourth-order valence-electron chi connectivity index (χ4n) is 3.33. The van der Waals surface area contributed by atoms with E-state index in [4.69, 9.17) is 0 Å². The van der Waals surface area contributed by atoms with Crippen molar-refractivity contribution >= 4 is 5.91 Å². The van der Waals surface area contributed by atoms with Crippen LogP contribution in [0.15, 0.2) is 24.3 Å². The van der Waals surface area contributed by atoms with Crippen molar-refractivity contribution in [1.82, 2.24) is 4.90 Å². The summed E-state index contributed by atoms with van der Waals surface area (Å²) in [5, 5.41) is 0. The van der Waals surface area contributed by atoms with E-state index in [1.54, 1.807) is 0 Å². The molecule has 0 saturated carbocycles. The van der Waals surface area contributed by atoms with Crippen LogP contribution in [0.4, 0.5) is 0 Å². The largest absolute Gasteiger partial charge is 0.343 e. The monoisotopic (exact) mass is 333 g/mol. The number of allylic oxidation sites excluding steroid dienone is 4. The number of amides is 1. The average Bonchev–Trinajstić information content (AvgIpc) is 3.13. The maximum Gasteiger partial charge on any atom is 0.222 e. The number of hydrogen-bond acceptors (Lipinski definition) is 1. The van der Waals surface area contributed by atoms with Gasteiger partial charge < -0.3 is 4.90 Å². The molecule has 1 saturated heterocycles. The average molecular weight is 334 g/mol. The molecule has 1 aliphatic heterocycles. The van der Waals surface area contributed by atoms with Gasteiger partial charge in [-0.15, -0.1) is 0 Å². The van der Waals surface area contributed by atoms with Crippen LogP contribution in [0.2, 0.25) is 0 Å². The minimum Gasteiger partial charge on any atom is -0.343 e. The summed E-state index contributed by atoms with van der Waals surface area (Å²) in [6, 6.07) is 0. The van der Waals surface area contributed by atoms with Gasteiger partial charge in [-0.25, -0.2) is 0 Å². The molecule has 0 unspecified atom stereocenters. The summed E-state index contributed by atoms with van der Waals surface area (Å²) in [6.07, 6.45) is 26.2. The Bertz CT molecular complexity index is 353. The Morgan fingerprint density at radius 3 is 2.00 bits per heavy atom. The summed E-state index contributed by atoms with van der Waals surface area (Å²) in [7, 11) is 0. The molecule has 0 bridgehead atoms. The van der Waals surface area contributed by atoms with E-state index >= 15 is 0 Å². The van der Waals surface area contributed by atoms with Gasteiger partial charge in [-0.3, -0.25) is 4.79 Å². The molecular formula is C22H39NO. The van der Waals surface area contributed by atoms with E-state index in [2.05, 4.69) is 36.1 Å². The first-order valence-corrected chi connectivity index (χ1v) is 10.4. The first-order chi connectivity index (χ1) is 11.8. The molecule has 24 heavy (non-hydrogen) atoms. The Kier molecular flexibility index (Phi) is 13.5. The number of carbonyl (C=O) groups excluding carboxylic acids is 1. The summed E-state index contributed by atoms with van der Waals surface area (Å²) in [5.41, 5.74) is 0. The van der Waals surface area contributed by atoms with Crippen molar-refractivity contribution in [3.63, 3.8) is 0 Å². The van der Waals surface area contributed by atoms with E-state index in [-0.39, 0.29) is 0 Å². The highest BCUT2D eigenvalue weighted by Gasteiger charge is 2.16. The Hall–Kier alpha value is -1.05. The van der Waals surface area contributed by atoms with Crippen molar-refractivity contribution in [1.29, 1.82) is 0 Å². The van der Waals surface area contributed by atoms with Crippen molar-refractivity contribution in [3.8, 4) is 0 Å². The van der Waals surface area contributed by atoms with Gasteiger partial charge in [0.1, 0.15) is 0 Å². The third-order valence-electron chi connectivity index (χ3n) is 4.89. The van der Waals surface area contributed by atoms with Crippen LogP contribution in [0.1, 0.15) is 96.8 Å². The van der Waals surface area contributed by atoms with Gasteiger partial charge in [0, 0.05) is 19.5 Å². The van der Waals surface area contributed by atoms with Gasteiger partial charge in [-0.05, 0) is 45.4 Å². The Labute approximate surface area is 150 Å². The van der Waals surface area contributed by atoms with Crippen LogP contribution >= 0.6 is 0 Å². The minimum absolute atomic E-state index is 0.396. The Balaban J connectivity index is 1.76. The SMILES string of the molecule is CC=CCC=CCCCCCCCCCCCC(=O)N1CCCC1. The van der Waals surface area contributed by atoms with Gasteiger partial charge in [0.05, 0.1) is 0 Å². The van der Waals surface area contributed by atoms with Gasteiger partial charge in [0.15, 0.2) is 0 Å². The number of carbonyl (C=O) groups is 1. The molecule has 0 radical (unpaired) electrons. The predicted octanol–water partition coefficient (Wildman–Crippen LogP) is 6.42. The molecule has 2 heteroatoms. The molecule has 0 aliphatic carbocycles. The molecule has 138 valence electrons. The second-order valence-corrected chi connectivity index (χ2v) is 7.08. The second-order valence-electron chi connectivity index (χ2n) is 7.08. The summed E-state index contributed by atoms with van der Waals surface area (Å²) < 4.78 is 0. The molecular weight excluding hydrogens is 294 g/mol. The summed E-state index contributed by atoms with van der Waals surface area (Å²) in [5.74, 6) is 0.396. The van der Waals surface area contributed by atoms with E-state index in [1.807, 2.05) is 0 Å². The number of nitrogens with zero attached hydrogens (tertiary/aromatic N) is 1. The third kappa shape index (κ3) is 11.5. The zero-order valence-electron chi connectivity index (χ0n) is 16.0. The lowest BCUT2D eigenvalue weighted by Gasteiger charge is -2.14. The van der Waals surface area contributed by atoms with Crippen molar-refractivity contribution in [2.75, 3.05) is 13.1 Å². The smallest absolute Gasteiger partial charge is 0.222 e. The molecule has 0 aromatic carbocycles. The number of unbranched alkanes of at least 4 members (excludes halogenated alkanes) is 9. The Morgan fingerprint density at radius 2 is 1.38 bits per heavy atom. The highest BCUT2D eigenvalue weighted by atomic mass is 16.2.